The molecule has 0 aliphatic carbocycles. The third-order valence-corrected chi connectivity index (χ3v) is 14.3. The zero-order valence-electron chi connectivity index (χ0n) is 36.6. The predicted octanol–water partition coefficient (Wildman–Crippen LogP) is 16.5. The largest absolute Gasteiger partial charge is 0.488 e. The Hall–Kier alpha value is -8.54. The zero-order valence-corrected chi connectivity index (χ0v) is 38.2. The molecule has 0 bridgehead atoms. The number of benzene rings is 10. The summed E-state index contributed by atoms with van der Waals surface area (Å²) >= 11 is 3.57. The first-order valence-corrected chi connectivity index (χ1v) is 23.6. The first-order valence-electron chi connectivity index (χ1n) is 22.8. The lowest BCUT2D eigenvalue weighted by molar-refractivity contribution is 0.426. The fraction of sp³-hybridized carbons (Fsp3) is 0. The van der Waals surface area contributed by atoms with Crippen molar-refractivity contribution in [2.45, 2.75) is 0 Å². The average molecular weight is 972 g/mol. The Balaban J connectivity index is 0.000000126. The minimum Gasteiger partial charge on any atom is -0.456 e. The van der Waals surface area contributed by atoms with Crippen LogP contribution in [0.3, 0.4) is 0 Å². The van der Waals surface area contributed by atoms with Crippen molar-refractivity contribution < 1.29 is 36.6 Å². The van der Waals surface area contributed by atoms with Gasteiger partial charge in [0.1, 0.15) is 67.0 Å². The summed E-state index contributed by atoms with van der Waals surface area (Å²) < 4.78 is 37.7. The summed E-state index contributed by atoms with van der Waals surface area (Å²) in [5, 5.41) is 31.5. The first kappa shape index (κ1) is 39.5. The van der Waals surface area contributed by atoms with Crippen LogP contribution in [0.2, 0.25) is 0 Å². The number of hydrogen-bond acceptors (Lipinski definition) is 8. The van der Waals surface area contributed by atoms with Gasteiger partial charge >= 0.3 is 7.12 Å². The fourth-order valence-electron chi connectivity index (χ4n) is 10.4. The topological polar surface area (TPSA) is 119 Å². The third-order valence-electron chi connectivity index (χ3n) is 13.8. The van der Waals surface area contributed by atoms with Gasteiger partial charge in [-0.15, -0.1) is 0 Å². The highest BCUT2D eigenvalue weighted by Gasteiger charge is 2.19. The molecule has 6 heterocycles. The van der Waals surface area contributed by atoms with E-state index in [2.05, 4.69) is 107 Å². The van der Waals surface area contributed by atoms with Crippen LogP contribution in [0.4, 0.5) is 0 Å². The van der Waals surface area contributed by atoms with Crippen LogP contribution in [0.5, 0.6) is 0 Å². The fourth-order valence-corrected chi connectivity index (χ4v) is 10.8. The monoisotopic (exact) mass is 970 g/mol. The summed E-state index contributed by atoms with van der Waals surface area (Å²) in [4.78, 5) is 0. The molecule has 0 amide bonds. The Morgan fingerprint density at radius 1 is 0.257 bits per heavy atom. The molecule has 16 rings (SSSR count). The molecule has 0 spiro atoms. The normalized spacial score (nSPS) is 12.2. The molecule has 0 saturated carbocycles. The van der Waals surface area contributed by atoms with Crippen molar-refractivity contribution in [2.75, 3.05) is 0 Å². The second-order valence-corrected chi connectivity index (χ2v) is 18.8. The summed E-state index contributed by atoms with van der Waals surface area (Å²) in [5.41, 5.74) is 14.9. The summed E-state index contributed by atoms with van der Waals surface area (Å²) in [6, 6.07) is 60.9. The molecule has 330 valence electrons. The molecule has 0 saturated heterocycles. The van der Waals surface area contributed by atoms with Crippen LogP contribution in [-0.4, -0.2) is 17.2 Å². The number of rotatable bonds is 3. The molecule has 2 N–H and O–H groups in total. The standard InChI is InChI=1S/C30H17BO5.C30H15BrO3/c32-31(33)18-7-10-28-22(13-18)24-15-29-23(14-30(24)36-28)21-12-17(6-9-27(21)35-29)16-5-8-26-20(11-16)19-3-1-2-4-25(19)34-26;31-18-7-10-28-22(13-18)24-15-29-23(14-30(24)34-28)21-12-17(6-9-27(21)33-29)16-5-8-26-20(11-16)19-3-1-2-4-25(19)32-26/h1-15,32-33H;1-15H. The van der Waals surface area contributed by atoms with E-state index >= 15 is 0 Å². The summed E-state index contributed by atoms with van der Waals surface area (Å²) in [6.45, 7) is 0. The van der Waals surface area contributed by atoms with Gasteiger partial charge in [0.2, 0.25) is 0 Å². The minimum absolute atomic E-state index is 0.418. The second kappa shape index (κ2) is 14.7. The lowest BCUT2D eigenvalue weighted by Crippen LogP contribution is -2.29. The Kier molecular flexibility index (Phi) is 8.31. The molecule has 10 aromatic carbocycles. The van der Waals surface area contributed by atoms with Gasteiger partial charge in [-0.05, 0) is 137 Å². The first-order chi connectivity index (χ1) is 34.3. The van der Waals surface area contributed by atoms with E-state index in [1.54, 1.807) is 18.2 Å². The van der Waals surface area contributed by atoms with Gasteiger partial charge < -0.3 is 36.6 Å². The van der Waals surface area contributed by atoms with Crippen LogP contribution in [0.1, 0.15) is 0 Å². The number of fused-ring (bicyclic) bond motifs is 18. The van der Waals surface area contributed by atoms with Crippen molar-refractivity contribution in [3.05, 3.63) is 186 Å². The molecule has 6 aromatic heterocycles. The minimum atomic E-state index is -1.54. The maximum Gasteiger partial charge on any atom is 0.488 e. The molecular weight excluding hydrogens is 939 g/mol. The van der Waals surface area contributed by atoms with E-state index in [1.807, 2.05) is 72.8 Å². The molecule has 70 heavy (non-hydrogen) atoms. The summed E-state index contributed by atoms with van der Waals surface area (Å²) in [5.74, 6) is 0. The van der Waals surface area contributed by atoms with Crippen LogP contribution in [0.15, 0.2) is 213 Å². The maximum atomic E-state index is 9.58. The van der Waals surface area contributed by atoms with Gasteiger partial charge in [-0.2, -0.15) is 0 Å². The average Bonchev–Trinajstić information content (AvgIpc) is 4.25. The molecule has 0 atom stereocenters. The van der Waals surface area contributed by atoms with Crippen molar-refractivity contribution >= 4 is 160 Å². The van der Waals surface area contributed by atoms with Gasteiger partial charge in [-0.3, -0.25) is 0 Å². The molecule has 8 nitrogen and oxygen atoms in total. The van der Waals surface area contributed by atoms with Crippen molar-refractivity contribution in [1.82, 2.24) is 0 Å². The van der Waals surface area contributed by atoms with Crippen LogP contribution in [0.25, 0.3) is 154 Å². The van der Waals surface area contributed by atoms with Gasteiger partial charge in [0.05, 0.1) is 0 Å². The van der Waals surface area contributed by atoms with Gasteiger partial charge in [0.25, 0.3) is 0 Å². The van der Waals surface area contributed by atoms with E-state index in [9.17, 15) is 10.0 Å². The Morgan fingerprint density at radius 3 is 0.943 bits per heavy atom. The highest BCUT2D eigenvalue weighted by atomic mass is 79.9. The Morgan fingerprint density at radius 2 is 0.543 bits per heavy atom. The highest BCUT2D eigenvalue weighted by molar-refractivity contribution is 9.10. The van der Waals surface area contributed by atoms with E-state index in [1.165, 1.54) is 0 Å². The molecule has 0 aliphatic heterocycles. The molecule has 16 aromatic rings. The summed E-state index contributed by atoms with van der Waals surface area (Å²) in [7, 11) is -1.54. The predicted molar refractivity (Wildman–Crippen MR) is 285 cm³/mol. The number of halogens is 1. The van der Waals surface area contributed by atoms with Crippen LogP contribution < -0.4 is 5.46 Å². The van der Waals surface area contributed by atoms with Gasteiger partial charge in [0, 0.05) is 69.1 Å². The maximum absolute atomic E-state index is 9.58. The SMILES string of the molecule is Brc1ccc2oc3cc4c(cc3c2c1)oc1ccc(-c2ccc3oc5ccccc5c3c2)cc14.OB(O)c1ccc2oc3cc4c(cc3c2c1)oc1ccc(-c2ccc3oc5ccccc5c3c2)cc14. The quantitative estimate of drug-likeness (QED) is 0.168. The van der Waals surface area contributed by atoms with Gasteiger partial charge in [-0.1, -0.05) is 88.7 Å². The number of para-hydroxylation sites is 2. The van der Waals surface area contributed by atoms with Crippen molar-refractivity contribution in [1.29, 1.82) is 0 Å². The van der Waals surface area contributed by atoms with E-state index < -0.39 is 7.12 Å². The molecule has 10 heteroatoms. The zero-order chi connectivity index (χ0) is 46.4. The van der Waals surface area contributed by atoms with Crippen molar-refractivity contribution in [2.24, 2.45) is 0 Å². The highest BCUT2D eigenvalue weighted by Crippen LogP contribution is 2.42. The second-order valence-electron chi connectivity index (χ2n) is 17.9. The number of furan rings is 6. The molecular formula is C60H32BBrO8. The van der Waals surface area contributed by atoms with E-state index in [0.717, 1.165) is 153 Å². The molecule has 0 unspecified atom stereocenters. The van der Waals surface area contributed by atoms with Crippen LogP contribution in [0, 0.1) is 0 Å². The van der Waals surface area contributed by atoms with Gasteiger partial charge in [0.15, 0.2) is 0 Å². The van der Waals surface area contributed by atoms with E-state index in [0.29, 0.717) is 11.0 Å². The van der Waals surface area contributed by atoms with Crippen molar-refractivity contribution in [3.63, 3.8) is 0 Å². The molecule has 0 fully saturated rings. The Bertz CT molecular complexity index is 4850. The van der Waals surface area contributed by atoms with E-state index in [4.69, 9.17) is 26.5 Å². The van der Waals surface area contributed by atoms with Gasteiger partial charge in [-0.25, -0.2) is 0 Å². The smallest absolute Gasteiger partial charge is 0.456 e. The number of hydrogen-bond donors (Lipinski definition) is 2. The van der Waals surface area contributed by atoms with E-state index in [-0.39, 0.29) is 0 Å². The molecule has 0 aliphatic rings. The van der Waals surface area contributed by atoms with Crippen LogP contribution >= 0.6 is 15.9 Å². The summed E-state index contributed by atoms with van der Waals surface area (Å²) in [6.07, 6.45) is 0. The lowest BCUT2D eigenvalue weighted by Gasteiger charge is -2.02. The van der Waals surface area contributed by atoms with Crippen molar-refractivity contribution in [3.8, 4) is 22.3 Å². The Labute approximate surface area is 403 Å². The molecule has 0 radical (unpaired) electrons. The lowest BCUT2D eigenvalue weighted by atomic mass is 9.80. The third kappa shape index (κ3) is 6.04. The van der Waals surface area contributed by atoms with Crippen LogP contribution in [-0.2, 0) is 0 Å².